The quantitative estimate of drug-likeness (QED) is 0.134. The molecule has 4 aromatic rings. The first-order valence-electron chi connectivity index (χ1n) is 14.8. The van der Waals surface area contributed by atoms with Gasteiger partial charge in [-0.2, -0.15) is 39.5 Å². The fraction of sp³-hybridized carbons (Fsp3) is 0.242. The number of hydrogen-bond donors (Lipinski definition) is 1. The minimum absolute atomic E-state index is 0.397. The van der Waals surface area contributed by atoms with Gasteiger partial charge in [-0.05, 0) is 54.6 Å². The molecule has 11 nitrogen and oxygen atoms in total. The maximum absolute atomic E-state index is 13.4. The topological polar surface area (TPSA) is 143 Å². The molecule has 0 spiro atoms. The lowest BCUT2D eigenvalue weighted by Gasteiger charge is -2.25. The first kappa shape index (κ1) is 38.3. The molecule has 1 aliphatic heterocycles. The summed E-state index contributed by atoms with van der Waals surface area (Å²) in [5.74, 6) is -4.42. The molecule has 1 saturated heterocycles. The Labute approximate surface area is 289 Å². The predicted octanol–water partition coefficient (Wildman–Crippen LogP) is 5.80. The fourth-order valence-electron chi connectivity index (χ4n) is 5.05. The number of halogens is 9. The highest BCUT2D eigenvalue weighted by Crippen LogP contribution is 2.36. The molecular formula is C33H21F9N2O9. The van der Waals surface area contributed by atoms with Crippen LogP contribution in [0.15, 0.2) is 94.6 Å². The second-order valence-corrected chi connectivity index (χ2v) is 11.2. The van der Waals surface area contributed by atoms with Crippen LogP contribution in [0, 0.1) is 0 Å². The summed E-state index contributed by atoms with van der Waals surface area (Å²) >= 11 is 0. The van der Waals surface area contributed by atoms with Crippen molar-refractivity contribution in [3.05, 3.63) is 139 Å². The average molecular weight is 761 g/mol. The largest absolute Gasteiger partial charge is 0.459 e. The van der Waals surface area contributed by atoms with E-state index in [9.17, 15) is 63.5 Å². The summed E-state index contributed by atoms with van der Waals surface area (Å²) in [5.41, 5.74) is -8.00. The van der Waals surface area contributed by atoms with Crippen molar-refractivity contribution in [3.8, 4) is 0 Å². The number of alkyl halides is 9. The van der Waals surface area contributed by atoms with Gasteiger partial charge in [0.25, 0.3) is 5.56 Å². The van der Waals surface area contributed by atoms with Crippen molar-refractivity contribution in [1.29, 1.82) is 0 Å². The molecule has 0 radical (unpaired) electrons. The number of H-pyrrole nitrogens is 1. The molecular weight excluding hydrogens is 739 g/mol. The molecule has 5 rings (SSSR count). The Morgan fingerprint density at radius 1 is 0.642 bits per heavy atom. The van der Waals surface area contributed by atoms with Gasteiger partial charge in [0.05, 0.1) is 33.4 Å². The van der Waals surface area contributed by atoms with Crippen LogP contribution in [0.1, 0.15) is 54.0 Å². The number of nitrogens with zero attached hydrogens (tertiary/aromatic N) is 1. The smallest absolute Gasteiger partial charge is 0.416 e. The van der Waals surface area contributed by atoms with Gasteiger partial charge in [0.1, 0.15) is 12.7 Å². The van der Waals surface area contributed by atoms with E-state index in [-0.39, 0.29) is 0 Å². The third-order valence-electron chi connectivity index (χ3n) is 7.55. The number of nitrogens with one attached hydrogen (secondary N) is 1. The molecule has 1 N–H and O–H groups in total. The van der Waals surface area contributed by atoms with Crippen LogP contribution in [-0.4, -0.2) is 52.4 Å². The van der Waals surface area contributed by atoms with Crippen LogP contribution >= 0.6 is 0 Å². The van der Waals surface area contributed by atoms with E-state index in [1.807, 2.05) is 4.98 Å². The molecule has 1 aliphatic rings. The van der Waals surface area contributed by atoms with Gasteiger partial charge in [0.2, 0.25) is 0 Å². The average Bonchev–Trinajstić information content (AvgIpc) is 3.41. The molecule has 4 atom stereocenters. The minimum atomic E-state index is -4.92. The van der Waals surface area contributed by atoms with Gasteiger partial charge in [-0.3, -0.25) is 14.3 Å². The minimum Gasteiger partial charge on any atom is -0.459 e. The Morgan fingerprint density at radius 2 is 1.08 bits per heavy atom. The zero-order chi connectivity index (χ0) is 38.9. The van der Waals surface area contributed by atoms with E-state index in [1.54, 1.807) is 0 Å². The molecule has 1 fully saturated rings. The first-order valence-corrected chi connectivity index (χ1v) is 14.8. The van der Waals surface area contributed by atoms with Gasteiger partial charge < -0.3 is 18.9 Å². The molecule has 3 aromatic carbocycles. The van der Waals surface area contributed by atoms with Crippen molar-refractivity contribution in [2.45, 2.75) is 43.1 Å². The molecule has 53 heavy (non-hydrogen) atoms. The van der Waals surface area contributed by atoms with Crippen molar-refractivity contribution in [2.24, 2.45) is 0 Å². The molecule has 280 valence electrons. The highest BCUT2D eigenvalue weighted by Gasteiger charge is 2.52. The standard InChI is InChI=1S/C33H21F9N2O9/c34-31(35,36)19-7-1-4-16(12-19)27(46)50-15-22-24(52-28(47)17-5-2-8-20(13-17)32(37,38)39)25(26(51-22)44-11-10-23(45)43-30(44)49)53-29(48)18-6-3-9-21(14-18)33(40,41)42/h1-14,22,24-26H,15H2,(H,43,45,49)/t22-,24-,25-,26-/m1/s1. The molecule has 0 aliphatic carbocycles. The molecule has 0 unspecified atom stereocenters. The van der Waals surface area contributed by atoms with Crippen LogP contribution in [-0.2, 0) is 37.5 Å². The number of benzene rings is 3. The maximum Gasteiger partial charge on any atom is 0.416 e. The third kappa shape index (κ3) is 8.94. The molecule has 1 aromatic heterocycles. The maximum atomic E-state index is 13.4. The summed E-state index contributed by atoms with van der Waals surface area (Å²) in [6, 6.07) is 9.34. The molecule has 0 bridgehead atoms. The van der Waals surface area contributed by atoms with Crippen molar-refractivity contribution in [3.63, 3.8) is 0 Å². The highest BCUT2D eigenvalue weighted by atomic mass is 19.4. The second-order valence-electron chi connectivity index (χ2n) is 11.2. The summed E-state index contributed by atoms with van der Waals surface area (Å²) < 4.78 is 142. The van der Waals surface area contributed by atoms with E-state index in [2.05, 4.69) is 0 Å². The normalized spacial score (nSPS) is 19.0. The van der Waals surface area contributed by atoms with Gasteiger partial charge in [-0.1, -0.05) is 18.2 Å². The lowest BCUT2D eigenvalue weighted by molar-refractivity contribution is -0.138. The first-order chi connectivity index (χ1) is 24.7. The van der Waals surface area contributed by atoms with E-state index < -0.39 is 112 Å². The van der Waals surface area contributed by atoms with Gasteiger partial charge in [0.15, 0.2) is 18.4 Å². The van der Waals surface area contributed by atoms with E-state index >= 15 is 0 Å². The number of ether oxygens (including phenoxy) is 4. The zero-order valence-corrected chi connectivity index (χ0v) is 26.1. The number of aromatic amines is 1. The lowest BCUT2D eigenvalue weighted by Crippen LogP contribution is -2.43. The van der Waals surface area contributed by atoms with Crippen molar-refractivity contribution in [1.82, 2.24) is 9.55 Å². The van der Waals surface area contributed by atoms with Crippen LogP contribution in [0.4, 0.5) is 39.5 Å². The van der Waals surface area contributed by atoms with Crippen molar-refractivity contribution < 1.29 is 72.8 Å². The SMILES string of the molecule is O=C(OC[C@H]1O[C@@H](n2ccc(=O)[nH]c2=O)[C@H](OC(=O)c2cccc(C(F)(F)F)c2)[C@@H]1OC(=O)c1cccc(C(F)(F)F)c1)c1cccc(C(F)(F)F)c1. The Morgan fingerprint density at radius 3 is 1.51 bits per heavy atom. The predicted molar refractivity (Wildman–Crippen MR) is 158 cm³/mol. The van der Waals surface area contributed by atoms with E-state index in [0.717, 1.165) is 48.7 Å². The summed E-state index contributed by atoms with van der Waals surface area (Å²) in [5, 5.41) is 0. The second kappa shape index (κ2) is 14.6. The number of rotatable bonds is 8. The van der Waals surface area contributed by atoms with Crippen LogP contribution in [0.3, 0.4) is 0 Å². The monoisotopic (exact) mass is 760 g/mol. The number of carbonyl (C=O) groups excluding carboxylic acids is 3. The molecule has 0 saturated carbocycles. The van der Waals surface area contributed by atoms with Crippen LogP contribution in [0.2, 0.25) is 0 Å². The van der Waals surface area contributed by atoms with Gasteiger partial charge in [-0.25, -0.2) is 19.2 Å². The summed E-state index contributed by atoms with van der Waals surface area (Å²) in [6.45, 7) is -1.04. The Hall–Kier alpha value is -5.92. The van der Waals surface area contributed by atoms with Crippen LogP contribution in [0.25, 0.3) is 0 Å². The van der Waals surface area contributed by atoms with Crippen molar-refractivity contribution >= 4 is 17.9 Å². The summed E-state index contributed by atoms with van der Waals surface area (Å²) in [6.07, 6.45) is -21.8. The molecule has 0 amide bonds. The number of carbonyl (C=O) groups is 3. The number of esters is 3. The Kier molecular flexibility index (Phi) is 10.6. The van der Waals surface area contributed by atoms with Gasteiger partial charge >= 0.3 is 42.1 Å². The van der Waals surface area contributed by atoms with Gasteiger partial charge in [-0.15, -0.1) is 0 Å². The van der Waals surface area contributed by atoms with E-state index in [4.69, 9.17) is 18.9 Å². The van der Waals surface area contributed by atoms with Crippen molar-refractivity contribution in [2.75, 3.05) is 6.61 Å². The zero-order valence-electron chi connectivity index (χ0n) is 26.1. The third-order valence-corrected chi connectivity index (χ3v) is 7.55. The highest BCUT2D eigenvalue weighted by molar-refractivity contribution is 5.91. The van der Waals surface area contributed by atoms with Gasteiger partial charge in [0, 0.05) is 12.3 Å². The Balaban J connectivity index is 1.54. The van der Waals surface area contributed by atoms with E-state index in [0.29, 0.717) is 41.0 Å². The number of aromatic nitrogens is 2. The van der Waals surface area contributed by atoms with Crippen LogP contribution in [0.5, 0.6) is 0 Å². The van der Waals surface area contributed by atoms with E-state index in [1.165, 1.54) is 0 Å². The van der Waals surface area contributed by atoms with Crippen LogP contribution < -0.4 is 11.2 Å². The molecule has 20 heteroatoms. The number of hydrogen-bond acceptors (Lipinski definition) is 9. The lowest BCUT2D eigenvalue weighted by atomic mass is 10.1. The molecule has 2 heterocycles. The summed E-state index contributed by atoms with van der Waals surface area (Å²) in [7, 11) is 0. The summed E-state index contributed by atoms with van der Waals surface area (Å²) in [4.78, 5) is 65.9. The fourth-order valence-corrected chi connectivity index (χ4v) is 5.05. The Bertz CT molecular complexity index is 2140.